The summed E-state index contributed by atoms with van der Waals surface area (Å²) in [6, 6.07) is 1.72. The van der Waals surface area contributed by atoms with Crippen molar-refractivity contribution in [2.75, 3.05) is 7.11 Å². The molecular weight excluding hydrogens is 320 g/mol. The van der Waals surface area contributed by atoms with Crippen molar-refractivity contribution in [3.05, 3.63) is 42.0 Å². The van der Waals surface area contributed by atoms with Crippen LogP contribution in [-0.4, -0.2) is 39.0 Å². The van der Waals surface area contributed by atoms with Gasteiger partial charge in [-0.2, -0.15) is 5.10 Å². The molecule has 7 heteroatoms. The van der Waals surface area contributed by atoms with Gasteiger partial charge in [0.25, 0.3) is 0 Å². The summed E-state index contributed by atoms with van der Waals surface area (Å²) in [5.41, 5.74) is 1.98. The van der Waals surface area contributed by atoms with Crippen LogP contribution in [-0.2, 0) is 11.3 Å². The van der Waals surface area contributed by atoms with Gasteiger partial charge in [-0.3, -0.25) is 14.5 Å². The van der Waals surface area contributed by atoms with Gasteiger partial charge in [0.2, 0.25) is 5.91 Å². The second kappa shape index (κ2) is 7.65. The van der Waals surface area contributed by atoms with Gasteiger partial charge in [-0.15, -0.1) is 0 Å². The molecule has 134 valence electrons. The summed E-state index contributed by atoms with van der Waals surface area (Å²) in [6.07, 6.45) is 8.51. The zero-order chi connectivity index (χ0) is 17.8. The highest BCUT2D eigenvalue weighted by atomic mass is 16.5. The molecule has 1 amide bonds. The van der Waals surface area contributed by atoms with Crippen LogP contribution < -0.4 is 10.1 Å². The molecule has 1 aliphatic rings. The molecule has 0 spiro atoms. The maximum atomic E-state index is 12.4. The van der Waals surface area contributed by atoms with E-state index in [0.29, 0.717) is 31.6 Å². The Morgan fingerprint density at radius 1 is 1.44 bits per heavy atom. The molecule has 2 aromatic rings. The van der Waals surface area contributed by atoms with Crippen LogP contribution in [0, 0.1) is 12.8 Å². The van der Waals surface area contributed by atoms with Crippen molar-refractivity contribution in [1.29, 1.82) is 0 Å². The van der Waals surface area contributed by atoms with Gasteiger partial charge in [-0.1, -0.05) is 0 Å². The van der Waals surface area contributed by atoms with Crippen molar-refractivity contribution in [2.45, 2.75) is 44.9 Å². The van der Waals surface area contributed by atoms with Crippen molar-refractivity contribution in [3.63, 3.8) is 0 Å². The number of aliphatic hydroxyl groups excluding tert-OH is 1. The first-order valence-electron chi connectivity index (χ1n) is 8.50. The highest BCUT2D eigenvalue weighted by Crippen LogP contribution is 2.38. The molecule has 0 bridgehead atoms. The largest absolute Gasteiger partial charge is 0.495 e. The number of carbonyl (C=O) groups excluding carboxylic acids is 1. The predicted molar refractivity (Wildman–Crippen MR) is 92.0 cm³/mol. The number of pyridine rings is 1. The second-order valence-electron chi connectivity index (χ2n) is 6.62. The lowest BCUT2D eigenvalue weighted by molar-refractivity contribution is -0.123. The standard InChI is InChI=1S/C18H24N4O3/c1-12-8-20-22(11-12)4-3-17(24)21-18(13-5-15(23)6-13)14-7-16(25-2)10-19-9-14/h7-11,13,15,18,23H,3-6H2,1-2H3,(H,21,24). The molecular formula is C18H24N4O3. The Morgan fingerprint density at radius 3 is 2.88 bits per heavy atom. The van der Waals surface area contributed by atoms with Crippen LogP contribution in [0.25, 0.3) is 0 Å². The minimum absolute atomic E-state index is 0.0395. The molecule has 7 nitrogen and oxygen atoms in total. The molecule has 1 saturated carbocycles. The summed E-state index contributed by atoms with van der Waals surface area (Å²) in [5, 5.41) is 16.9. The second-order valence-corrected chi connectivity index (χ2v) is 6.62. The zero-order valence-electron chi connectivity index (χ0n) is 14.6. The van der Waals surface area contributed by atoms with Gasteiger partial charge < -0.3 is 15.2 Å². The van der Waals surface area contributed by atoms with Crippen LogP contribution in [0.2, 0.25) is 0 Å². The number of hydrogen-bond acceptors (Lipinski definition) is 5. The van der Waals surface area contributed by atoms with Gasteiger partial charge >= 0.3 is 0 Å². The summed E-state index contributed by atoms with van der Waals surface area (Å²) in [7, 11) is 1.59. The molecule has 1 aliphatic carbocycles. The van der Waals surface area contributed by atoms with Gasteiger partial charge in [0, 0.05) is 25.4 Å². The maximum absolute atomic E-state index is 12.4. The number of nitrogens with zero attached hydrogens (tertiary/aromatic N) is 3. The highest BCUT2D eigenvalue weighted by Gasteiger charge is 2.35. The van der Waals surface area contributed by atoms with Crippen molar-refractivity contribution >= 4 is 5.91 Å². The summed E-state index contributed by atoms with van der Waals surface area (Å²) < 4.78 is 7.00. The lowest BCUT2D eigenvalue weighted by atomic mass is 9.75. The van der Waals surface area contributed by atoms with Gasteiger partial charge in [0.05, 0.1) is 31.6 Å². The molecule has 2 heterocycles. The van der Waals surface area contributed by atoms with E-state index in [-0.39, 0.29) is 24.0 Å². The number of carbonyl (C=O) groups is 1. The van der Waals surface area contributed by atoms with Crippen LogP contribution in [0.4, 0.5) is 0 Å². The van der Waals surface area contributed by atoms with E-state index in [0.717, 1.165) is 11.1 Å². The maximum Gasteiger partial charge on any atom is 0.222 e. The molecule has 25 heavy (non-hydrogen) atoms. The average Bonchev–Trinajstić information content (AvgIpc) is 3.01. The molecule has 0 aliphatic heterocycles. The number of aryl methyl sites for hydroxylation is 2. The summed E-state index contributed by atoms with van der Waals surface area (Å²) in [6.45, 7) is 2.51. The number of aliphatic hydroxyl groups is 1. The van der Waals surface area contributed by atoms with Gasteiger partial charge in [-0.25, -0.2) is 0 Å². The van der Waals surface area contributed by atoms with E-state index in [9.17, 15) is 9.90 Å². The smallest absolute Gasteiger partial charge is 0.222 e. The summed E-state index contributed by atoms with van der Waals surface area (Å²) in [5.74, 6) is 0.825. The average molecular weight is 344 g/mol. The number of aromatic nitrogens is 3. The van der Waals surface area contributed by atoms with Crippen LogP contribution in [0.15, 0.2) is 30.9 Å². The van der Waals surface area contributed by atoms with Crippen molar-refractivity contribution in [3.8, 4) is 5.75 Å². The van der Waals surface area contributed by atoms with Gasteiger partial charge in [0.15, 0.2) is 0 Å². The van der Waals surface area contributed by atoms with Crippen molar-refractivity contribution in [1.82, 2.24) is 20.1 Å². The molecule has 0 aromatic carbocycles. The fourth-order valence-corrected chi connectivity index (χ4v) is 3.14. The lowest BCUT2D eigenvalue weighted by Gasteiger charge is -2.38. The van der Waals surface area contributed by atoms with Crippen LogP contribution in [0.5, 0.6) is 5.75 Å². The molecule has 2 N–H and O–H groups in total. The SMILES string of the molecule is COc1cncc(C(NC(=O)CCn2cc(C)cn2)C2CC(O)C2)c1. The molecule has 2 aromatic heterocycles. The normalized spacial score (nSPS) is 20.6. The zero-order valence-corrected chi connectivity index (χ0v) is 14.6. The Hall–Kier alpha value is -2.41. The third-order valence-electron chi connectivity index (χ3n) is 4.60. The monoisotopic (exact) mass is 344 g/mol. The van der Waals surface area contributed by atoms with Gasteiger partial charge in [-0.05, 0) is 42.9 Å². The van der Waals surface area contributed by atoms with Crippen molar-refractivity contribution in [2.24, 2.45) is 5.92 Å². The molecule has 1 fully saturated rings. The minimum atomic E-state index is -0.282. The topological polar surface area (TPSA) is 89.3 Å². The molecule has 3 rings (SSSR count). The number of ether oxygens (including phenoxy) is 1. The third kappa shape index (κ3) is 4.36. The lowest BCUT2D eigenvalue weighted by Crippen LogP contribution is -2.41. The Balaban J connectivity index is 1.65. The first kappa shape index (κ1) is 17.4. The van der Waals surface area contributed by atoms with Crippen LogP contribution >= 0.6 is 0 Å². The Morgan fingerprint density at radius 2 is 2.24 bits per heavy atom. The van der Waals surface area contributed by atoms with E-state index in [1.54, 1.807) is 30.4 Å². The van der Waals surface area contributed by atoms with E-state index in [1.165, 1.54) is 0 Å². The summed E-state index contributed by atoms with van der Waals surface area (Å²) in [4.78, 5) is 16.6. The van der Waals surface area contributed by atoms with Crippen molar-refractivity contribution < 1.29 is 14.6 Å². The molecule has 0 saturated heterocycles. The fraction of sp³-hybridized carbons (Fsp3) is 0.500. The molecule has 1 atom stereocenters. The Labute approximate surface area is 147 Å². The fourth-order valence-electron chi connectivity index (χ4n) is 3.14. The minimum Gasteiger partial charge on any atom is -0.495 e. The Bertz CT molecular complexity index is 725. The number of hydrogen-bond donors (Lipinski definition) is 2. The first-order chi connectivity index (χ1) is 12.0. The number of nitrogens with one attached hydrogen (secondary N) is 1. The van der Waals surface area contributed by atoms with E-state index < -0.39 is 0 Å². The highest BCUT2D eigenvalue weighted by molar-refractivity contribution is 5.76. The van der Waals surface area contributed by atoms with Crippen LogP contribution in [0.3, 0.4) is 0 Å². The van der Waals surface area contributed by atoms with E-state index >= 15 is 0 Å². The number of methoxy groups -OCH3 is 1. The number of amides is 1. The van der Waals surface area contributed by atoms with Crippen LogP contribution in [0.1, 0.15) is 36.4 Å². The quantitative estimate of drug-likeness (QED) is 0.797. The molecule has 1 unspecified atom stereocenters. The van der Waals surface area contributed by atoms with E-state index in [1.807, 2.05) is 19.2 Å². The predicted octanol–water partition coefficient (Wildman–Crippen LogP) is 1.61. The van der Waals surface area contributed by atoms with E-state index in [2.05, 4.69) is 15.4 Å². The number of rotatable bonds is 7. The summed E-state index contributed by atoms with van der Waals surface area (Å²) >= 11 is 0. The first-order valence-corrected chi connectivity index (χ1v) is 8.50. The molecule has 0 radical (unpaired) electrons. The Kier molecular flexibility index (Phi) is 5.33. The third-order valence-corrected chi connectivity index (χ3v) is 4.60. The van der Waals surface area contributed by atoms with E-state index in [4.69, 9.17) is 4.74 Å². The van der Waals surface area contributed by atoms with Gasteiger partial charge in [0.1, 0.15) is 5.75 Å².